The molecule has 0 bridgehead atoms. The van der Waals surface area contributed by atoms with Gasteiger partial charge in [0.25, 0.3) is 11.2 Å². The molecule has 2 aromatic rings. The number of benzene rings is 1. The first-order valence-electron chi connectivity index (χ1n) is 6.00. The van der Waals surface area contributed by atoms with Crippen molar-refractivity contribution in [1.29, 1.82) is 0 Å². The summed E-state index contributed by atoms with van der Waals surface area (Å²) < 4.78 is 6.11. The Morgan fingerprint density at radius 1 is 1.35 bits per heavy atom. The third-order valence-electron chi connectivity index (χ3n) is 3.05. The lowest BCUT2D eigenvalue weighted by atomic mass is 10.1. The van der Waals surface area contributed by atoms with Crippen LogP contribution in [0.5, 0.6) is 5.75 Å². The van der Waals surface area contributed by atoms with Crippen LogP contribution in [0.3, 0.4) is 0 Å². The van der Waals surface area contributed by atoms with E-state index in [1.807, 2.05) is 0 Å². The average molecular weight is 338 g/mol. The monoisotopic (exact) mass is 337 g/mol. The van der Waals surface area contributed by atoms with Gasteiger partial charge in [0.1, 0.15) is 17.1 Å². The quantitative estimate of drug-likeness (QED) is 0.478. The van der Waals surface area contributed by atoms with Crippen LogP contribution in [0.2, 0.25) is 5.02 Å². The zero-order valence-electron chi connectivity index (χ0n) is 11.6. The predicted octanol–water partition coefficient (Wildman–Crippen LogP) is 2.02. The number of aryl methyl sites for hydroxylation is 1. The Morgan fingerprint density at radius 2 is 2.00 bits per heavy atom. The van der Waals surface area contributed by atoms with Crippen LogP contribution in [0.1, 0.15) is 0 Å². The standard InChI is InChI=1S/C13H8ClN3O6/c1-3-4-23-12-8-5-7(16(19)20)6-9(17(21)22)11(8)15(2)13(18)10(12)14/h1,5-6H,4H2,2H3. The van der Waals surface area contributed by atoms with Gasteiger partial charge < -0.3 is 9.30 Å². The fourth-order valence-electron chi connectivity index (χ4n) is 2.09. The minimum absolute atomic E-state index is 0.0479. The van der Waals surface area contributed by atoms with Gasteiger partial charge in [-0.15, -0.1) is 6.42 Å². The number of nitro benzene ring substituents is 2. The Kier molecular flexibility index (Phi) is 4.20. The number of hydrogen-bond acceptors (Lipinski definition) is 6. The molecule has 0 radical (unpaired) electrons. The van der Waals surface area contributed by atoms with Crippen molar-refractivity contribution in [3.63, 3.8) is 0 Å². The van der Waals surface area contributed by atoms with Gasteiger partial charge in [0, 0.05) is 13.1 Å². The molecule has 1 aromatic carbocycles. The number of halogens is 1. The van der Waals surface area contributed by atoms with Crippen LogP contribution in [0.4, 0.5) is 11.4 Å². The number of non-ortho nitro benzene ring substituents is 2. The summed E-state index contributed by atoms with van der Waals surface area (Å²) in [7, 11) is 1.26. The first-order chi connectivity index (χ1) is 10.8. The van der Waals surface area contributed by atoms with E-state index >= 15 is 0 Å². The van der Waals surface area contributed by atoms with E-state index in [2.05, 4.69) is 5.92 Å². The summed E-state index contributed by atoms with van der Waals surface area (Å²) in [6.07, 6.45) is 5.08. The van der Waals surface area contributed by atoms with Crippen LogP contribution >= 0.6 is 11.6 Å². The third kappa shape index (κ3) is 2.67. The molecule has 1 aromatic heterocycles. The SMILES string of the molecule is C#CCOc1c(Cl)c(=O)n(C)c2c([N+](=O)[O-])cc([N+](=O)[O-])cc12. The van der Waals surface area contributed by atoms with Gasteiger partial charge in [-0.3, -0.25) is 25.0 Å². The van der Waals surface area contributed by atoms with Crippen LogP contribution in [0.15, 0.2) is 16.9 Å². The fourth-order valence-corrected chi connectivity index (χ4v) is 2.38. The maximum atomic E-state index is 12.1. The first-order valence-corrected chi connectivity index (χ1v) is 6.38. The van der Waals surface area contributed by atoms with Gasteiger partial charge in [-0.25, -0.2) is 0 Å². The van der Waals surface area contributed by atoms with Gasteiger partial charge in [0.05, 0.1) is 21.3 Å². The molecule has 9 nitrogen and oxygen atoms in total. The Bertz CT molecular complexity index is 944. The number of terminal acetylenes is 1. The zero-order chi connectivity index (χ0) is 17.3. The predicted molar refractivity (Wildman–Crippen MR) is 81.8 cm³/mol. The van der Waals surface area contributed by atoms with E-state index < -0.39 is 26.8 Å². The molecular weight excluding hydrogens is 330 g/mol. The number of pyridine rings is 1. The summed E-state index contributed by atoms with van der Waals surface area (Å²) in [6.45, 7) is -0.265. The van der Waals surface area contributed by atoms with Crippen LogP contribution in [0, 0.1) is 32.6 Å². The Balaban J connectivity index is 3.05. The number of aromatic nitrogens is 1. The van der Waals surface area contributed by atoms with Crippen molar-refractivity contribution in [1.82, 2.24) is 4.57 Å². The highest BCUT2D eigenvalue weighted by atomic mass is 35.5. The molecule has 0 atom stereocenters. The number of hydrogen-bond donors (Lipinski definition) is 0. The summed E-state index contributed by atoms with van der Waals surface area (Å²) in [5.74, 6) is 1.93. The molecule has 10 heteroatoms. The van der Waals surface area contributed by atoms with E-state index in [1.54, 1.807) is 0 Å². The minimum atomic E-state index is -0.826. The van der Waals surface area contributed by atoms with Crippen molar-refractivity contribution in [2.24, 2.45) is 7.05 Å². The zero-order valence-corrected chi connectivity index (χ0v) is 12.4. The maximum Gasteiger partial charge on any atom is 0.300 e. The van der Waals surface area contributed by atoms with Crippen molar-refractivity contribution >= 4 is 33.9 Å². The molecule has 0 aliphatic carbocycles. The molecule has 118 valence electrons. The third-order valence-corrected chi connectivity index (χ3v) is 3.39. The topological polar surface area (TPSA) is 118 Å². The van der Waals surface area contributed by atoms with Crippen LogP contribution in [-0.2, 0) is 7.05 Å². The van der Waals surface area contributed by atoms with Gasteiger partial charge in [-0.2, -0.15) is 0 Å². The Hall–Kier alpha value is -3.12. The van der Waals surface area contributed by atoms with Gasteiger partial charge in [-0.1, -0.05) is 17.5 Å². The van der Waals surface area contributed by atoms with Gasteiger partial charge in [0.2, 0.25) is 0 Å². The van der Waals surface area contributed by atoms with Crippen molar-refractivity contribution < 1.29 is 14.6 Å². The van der Waals surface area contributed by atoms with E-state index in [-0.39, 0.29) is 28.3 Å². The molecule has 2 rings (SSSR count). The molecule has 23 heavy (non-hydrogen) atoms. The number of rotatable bonds is 4. The minimum Gasteiger partial charge on any atom is -0.478 e. The van der Waals surface area contributed by atoms with Crippen LogP contribution in [-0.4, -0.2) is 21.0 Å². The average Bonchev–Trinajstić information content (AvgIpc) is 2.51. The van der Waals surface area contributed by atoms with Gasteiger partial charge >= 0.3 is 5.69 Å². The van der Waals surface area contributed by atoms with E-state index in [0.717, 1.165) is 16.7 Å². The summed E-state index contributed by atoms with van der Waals surface area (Å²) in [4.78, 5) is 32.7. The molecule has 1 heterocycles. The lowest BCUT2D eigenvalue weighted by Crippen LogP contribution is -2.20. The molecule has 0 N–H and O–H groups in total. The number of fused-ring (bicyclic) bond motifs is 1. The smallest absolute Gasteiger partial charge is 0.300 e. The largest absolute Gasteiger partial charge is 0.478 e. The molecular formula is C13H8ClN3O6. The summed E-state index contributed by atoms with van der Waals surface area (Å²) >= 11 is 5.91. The second kappa shape index (κ2) is 5.94. The molecule has 0 saturated heterocycles. The maximum absolute atomic E-state index is 12.1. The van der Waals surface area contributed by atoms with E-state index in [9.17, 15) is 25.0 Å². The van der Waals surface area contributed by atoms with E-state index in [0.29, 0.717) is 0 Å². The summed E-state index contributed by atoms with van der Waals surface area (Å²) in [6, 6.07) is 1.81. The van der Waals surface area contributed by atoms with E-state index in [1.165, 1.54) is 7.05 Å². The highest BCUT2D eigenvalue weighted by molar-refractivity contribution is 6.33. The highest BCUT2D eigenvalue weighted by Gasteiger charge is 2.26. The van der Waals surface area contributed by atoms with Gasteiger partial charge in [-0.05, 0) is 0 Å². The Morgan fingerprint density at radius 3 is 2.52 bits per heavy atom. The van der Waals surface area contributed by atoms with Crippen molar-refractivity contribution in [3.8, 4) is 18.1 Å². The summed E-state index contributed by atoms with van der Waals surface area (Å²) in [5.41, 5.74) is -2.05. The second-order valence-electron chi connectivity index (χ2n) is 4.38. The first kappa shape index (κ1) is 16.3. The fraction of sp³-hybridized carbons (Fsp3) is 0.154. The molecule has 0 saturated carbocycles. The number of ether oxygens (including phenoxy) is 1. The number of nitrogens with zero attached hydrogens (tertiary/aromatic N) is 3. The normalized spacial score (nSPS) is 10.3. The van der Waals surface area contributed by atoms with Crippen LogP contribution in [0.25, 0.3) is 10.9 Å². The molecule has 0 unspecified atom stereocenters. The van der Waals surface area contributed by atoms with Crippen molar-refractivity contribution in [3.05, 3.63) is 47.7 Å². The van der Waals surface area contributed by atoms with Gasteiger partial charge in [0.15, 0.2) is 5.75 Å². The number of nitro groups is 2. The summed E-state index contributed by atoms with van der Waals surface area (Å²) in [5, 5.41) is 21.8. The molecule has 0 aliphatic heterocycles. The van der Waals surface area contributed by atoms with Crippen molar-refractivity contribution in [2.75, 3.05) is 6.61 Å². The van der Waals surface area contributed by atoms with Crippen LogP contribution < -0.4 is 10.3 Å². The Labute approximate surface area is 133 Å². The van der Waals surface area contributed by atoms with E-state index in [4.69, 9.17) is 22.8 Å². The molecule has 0 spiro atoms. The lowest BCUT2D eigenvalue weighted by Gasteiger charge is -2.12. The van der Waals surface area contributed by atoms with Crippen molar-refractivity contribution in [2.45, 2.75) is 0 Å². The highest BCUT2D eigenvalue weighted by Crippen LogP contribution is 2.38. The molecule has 0 aliphatic rings. The second-order valence-corrected chi connectivity index (χ2v) is 4.75. The molecule has 0 fully saturated rings. The lowest BCUT2D eigenvalue weighted by molar-refractivity contribution is -0.393. The molecule has 0 amide bonds.